The monoisotopic (exact) mass is 413 g/mol. The van der Waals surface area contributed by atoms with Gasteiger partial charge in [-0.3, -0.25) is 9.59 Å². The molecule has 3 rings (SSSR count). The number of primary amides is 1. The third-order valence-corrected chi connectivity index (χ3v) is 4.22. The fraction of sp³-hybridized carbons (Fsp3) is 0.0952. The van der Waals surface area contributed by atoms with Crippen molar-refractivity contribution in [3.63, 3.8) is 0 Å². The summed E-state index contributed by atoms with van der Waals surface area (Å²) >= 11 is 0. The van der Waals surface area contributed by atoms with Crippen LogP contribution in [0.2, 0.25) is 0 Å². The van der Waals surface area contributed by atoms with E-state index in [1.807, 2.05) is 6.07 Å². The number of benzene rings is 2. The van der Waals surface area contributed by atoms with Crippen molar-refractivity contribution in [3.8, 4) is 22.9 Å². The van der Waals surface area contributed by atoms with Gasteiger partial charge in [0.05, 0.1) is 11.6 Å². The molecule has 1 heterocycles. The molecule has 1 amide bonds. The van der Waals surface area contributed by atoms with Crippen molar-refractivity contribution in [1.82, 2.24) is 4.98 Å². The first-order valence-electron chi connectivity index (χ1n) is 8.55. The summed E-state index contributed by atoms with van der Waals surface area (Å²) in [6, 6.07) is 15.3. The molecule has 0 aliphatic heterocycles. The molecule has 0 radical (unpaired) electrons. The molecule has 0 saturated carbocycles. The predicted molar refractivity (Wildman–Crippen MR) is 102 cm³/mol. The zero-order valence-electron chi connectivity index (χ0n) is 15.3. The van der Waals surface area contributed by atoms with Crippen LogP contribution >= 0.6 is 0 Å². The van der Waals surface area contributed by atoms with Crippen LogP contribution in [-0.2, 0) is 12.8 Å². The smallest absolute Gasteiger partial charge is 0.431 e. The number of aromatic nitrogens is 1. The highest BCUT2D eigenvalue weighted by Gasteiger charge is 2.36. The average molecular weight is 413 g/mol. The van der Waals surface area contributed by atoms with Gasteiger partial charge in [0.25, 0.3) is 11.5 Å². The summed E-state index contributed by atoms with van der Waals surface area (Å²) in [5.41, 5.74) is 2.98. The van der Waals surface area contributed by atoms with Gasteiger partial charge in [0.2, 0.25) is 0 Å². The van der Waals surface area contributed by atoms with Crippen LogP contribution in [0.1, 0.15) is 27.2 Å². The summed E-state index contributed by atoms with van der Waals surface area (Å²) in [6.07, 6.45) is -4.84. The van der Waals surface area contributed by atoms with Gasteiger partial charge < -0.3 is 15.5 Å². The van der Waals surface area contributed by atoms with Gasteiger partial charge in [-0.15, -0.1) is 0 Å². The average Bonchev–Trinajstić information content (AvgIpc) is 2.72. The maximum absolute atomic E-state index is 13.4. The van der Waals surface area contributed by atoms with Crippen LogP contribution in [0.4, 0.5) is 13.2 Å². The van der Waals surface area contributed by atoms with E-state index >= 15 is 0 Å². The first-order chi connectivity index (χ1) is 14.2. The minimum absolute atomic E-state index is 0.111. The standard InChI is InChI=1S/C21H14F3N3O3/c22-21(23,24)18-16(9-17(19(26)28)20(29)27-18)14-4-6-15(7-5-14)30-11-13-3-1-2-12(8-13)10-25/h1-9H,11H2,(H2,26,28)(H,27,29). The Morgan fingerprint density at radius 3 is 2.43 bits per heavy atom. The Kier molecular flexibility index (Phi) is 5.60. The molecular weight excluding hydrogens is 399 g/mol. The van der Waals surface area contributed by atoms with E-state index in [1.54, 1.807) is 29.2 Å². The Balaban J connectivity index is 1.90. The van der Waals surface area contributed by atoms with Crippen molar-refractivity contribution in [2.45, 2.75) is 12.8 Å². The maximum atomic E-state index is 13.4. The fourth-order valence-electron chi connectivity index (χ4n) is 2.79. The van der Waals surface area contributed by atoms with Crippen LogP contribution in [0.15, 0.2) is 59.4 Å². The number of alkyl halides is 3. The second-order valence-corrected chi connectivity index (χ2v) is 6.29. The molecule has 0 atom stereocenters. The van der Waals surface area contributed by atoms with E-state index in [4.69, 9.17) is 15.7 Å². The summed E-state index contributed by atoms with van der Waals surface area (Å²) in [7, 11) is 0. The molecule has 0 aliphatic carbocycles. The third-order valence-electron chi connectivity index (χ3n) is 4.22. The SMILES string of the molecule is N#Cc1cccc(COc2ccc(-c3cc(C(N)=O)c(=O)[nH]c3C(F)(F)F)cc2)c1. The minimum Gasteiger partial charge on any atom is -0.489 e. The van der Waals surface area contributed by atoms with E-state index < -0.39 is 28.9 Å². The lowest BCUT2D eigenvalue weighted by Gasteiger charge is -2.14. The van der Waals surface area contributed by atoms with Gasteiger partial charge in [0.15, 0.2) is 0 Å². The molecule has 0 spiro atoms. The quantitative estimate of drug-likeness (QED) is 0.666. The third kappa shape index (κ3) is 4.50. The number of halogens is 3. The lowest BCUT2D eigenvalue weighted by atomic mass is 10.0. The van der Waals surface area contributed by atoms with Crippen LogP contribution < -0.4 is 16.0 Å². The number of H-pyrrole nitrogens is 1. The Morgan fingerprint density at radius 1 is 1.13 bits per heavy atom. The summed E-state index contributed by atoms with van der Waals surface area (Å²) in [6.45, 7) is 0.160. The van der Waals surface area contributed by atoms with Gasteiger partial charge in [0, 0.05) is 5.56 Å². The Hall–Kier alpha value is -4.06. The highest BCUT2D eigenvalue weighted by molar-refractivity contribution is 5.94. The number of rotatable bonds is 5. The number of ether oxygens (including phenoxy) is 1. The summed E-state index contributed by atoms with van der Waals surface area (Å²) in [5, 5.41) is 8.91. The Morgan fingerprint density at radius 2 is 1.83 bits per heavy atom. The molecule has 3 aromatic rings. The largest absolute Gasteiger partial charge is 0.489 e. The number of amides is 1. The van der Waals surface area contributed by atoms with Gasteiger partial charge in [-0.25, -0.2) is 0 Å². The number of hydrogen-bond acceptors (Lipinski definition) is 4. The molecule has 0 aliphatic rings. The summed E-state index contributed by atoms with van der Waals surface area (Å²) in [4.78, 5) is 24.8. The zero-order chi connectivity index (χ0) is 21.9. The molecule has 3 N–H and O–H groups in total. The molecule has 0 fully saturated rings. The lowest BCUT2D eigenvalue weighted by Crippen LogP contribution is -2.27. The first kappa shape index (κ1) is 20.7. The zero-order valence-corrected chi connectivity index (χ0v) is 15.3. The number of nitrogens with two attached hydrogens (primary N) is 1. The van der Waals surface area contributed by atoms with E-state index in [0.29, 0.717) is 11.3 Å². The molecule has 0 saturated heterocycles. The van der Waals surface area contributed by atoms with Gasteiger partial charge in [-0.2, -0.15) is 18.4 Å². The lowest BCUT2D eigenvalue weighted by molar-refractivity contribution is -0.140. The van der Waals surface area contributed by atoms with E-state index in [9.17, 15) is 22.8 Å². The number of nitrogens with zero attached hydrogens (tertiary/aromatic N) is 1. The molecule has 1 aromatic heterocycles. The second kappa shape index (κ2) is 8.13. The van der Waals surface area contributed by atoms with Crippen LogP contribution in [-0.4, -0.2) is 10.9 Å². The van der Waals surface area contributed by atoms with Crippen molar-refractivity contribution < 1.29 is 22.7 Å². The van der Waals surface area contributed by atoms with E-state index in [-0.39, 0.29) is 17.7 Å². The summed E-state index contributed by atoms with van der Waals surface area (Å²) in [5.74, 6) is -0.750. The molecule has 6 nitrogen and oxygen atoms in total. The number of aromatic amines is 1. The molecule has 2 aromatic carbocycles. The number of carbonyl (C=O) groups excluding carboxylic acids is 1. The molecule has 152 valence electrons. The molecule has 30 heavy (non-hydrogen) atoms. The number of nitriles is 1. The van der Waals surface area contributed by atoms with E-state index in [2.05, 4.69) is 0 Å². The topological polar surface area (TPSA) is 109 Å². The highest BCUT2D eigenvalue weighted by atomic mass is 19.4. The number of pyridine rings is 1. The Labute approximate surface area is 168 Å². The van der Waals surface area contributed by atoms with E-state index in [1.165, 1.54) is 24.3 Å². The van der Waals surface area contributed by atoms with Crippen molar-refractivity contribution in [2.24, 2.45) is 5.73 Å². The number of hydrogen-bond donors (Lipinski definition) is 2. The van der Waals surface area contributed by atoms with Crippen LogP contribution in [0.5, 0.6) is 5.75 Å². The van der Waals surface area contributed by atoms with Gasteiger partial charge in [-0.05, 0) is 41.5 Å². The molecule has 9 heteroatoms. The van der Waals surface area contributed by atoms with Crippen LogP contribution in [0.3, 0.4) is 0 Å². The maximum Gasteiger partial charge on any atom is 0.431 e. The Bertz CT molecular complexity index is 1190. The van der Waals surface area contributed by atoms with Gasteiger partial charge in [-0.1, -0.05) is 24.3 Å². The van der Waals surface area contributed by atoms with Crippen LogP contribution in [0.25, 0.3) is 11.1 Å². The molecule has 0 bridgehead atoms. The summed E-state index contributed by atoms with van der Waals surface area (Å²) < 4.78 is 45.7. The minimum atomic E-state index is -4.84. The van der Waals surface area contributed by atoms with Crippen molar-refractivity contribution in [1.29, 1.82) is 5.26 Å². The van der Waals surface area contributed by atoms with Crippen molar-refractivity contribution in [2.75, 3.05) is 0 Å². The number of carbonyl (C=O) groups is 1. The molecular formula is C21H14F3N3O3. The fourth-order valence-corrected chi connectivity index (χ4v) is 2.79. The van der Waals surface area contributed by atoms with Gasteiger partial charge >= 0.3 is 6.18 Å². The van der Waals surface area contributed by atoms with Crippen molar-refractivity contribution >= 4 is 5.91 Å². The molecule has 0 unspecified atom stereocenters. The van der Waals surface area contributed by atoms with Gasteiger partial charge in [0.1, 0.15) is 23.6 Å². The first-order valence-corrected chi connectivity index (χ1v) is 8.55. The van der Waals surface area contributed by atoms with E-state index in [0.717, 1.165) is 11.6 Å². The van der Waals surface area contributed by atoms with Crippen molar-refractivity contribution in [3.05, 3.63) is 87.3 Å². The van der Waals surface area contributed by atoms with Crippen LogP contribution in [0, 0.1) is 11.3 Å². The normalized spacial score (nSPS) is 11.0. The second-order valence-electron chi connectivity index (χ2n) is 6.29. The number of nitrogens with one attached hydrogen (secondary N) is 1. The predicted octanol–water partition coefficient (Wildman–Crippen LogP) is 3.61. The highest BCUT2D eigenvalue weighted by Crippen LogP contribution is 2.35.